The van der Waals surface area contributed by atoms with E-state index in [1.807, 2.05) is 23.5 Å². The highest BCUT2D eigenvalue weighted by Gasteiger charge is 2.15. The third-order valence-electron chi connectivity index (χ3n) is 6.05. The second kappa shape index (κ2) is 16.3. The lowest BCUT2D eigenvalue weighted by atomic mass is 9.99. The van der Waals surface area contributed by atoms with Crippen molar-refractivity contribution >= 4 is 27.1 Å². The fourth-order valence-electron chi connectivity index (χ4n) is 4.35. The largest absolute Gasteiger partial charge is 0.492 e. The van der Waals surface area contributed by atoms with Gasteiger partial charge in [-0.05, 0) is 84.8 Å². The van der Waals surface area contributed by atoms with Crippen LogP contribution in [0.1, 0.15) is 24.0 Å². The molecular formula is C29H38N2O5S. The molecule has 0 spiro atoms. The molecule has 1 aromatic heterocycles. The maximum absolute atomic E-state index is 5.98. The zero-order chi connectivity index (χ0) is 23.0. The van der Waals surface area contributed by atoms with Gasteiger partial charge in [-0.3, -0.25) is 4.90 Å². The minimum Gasteiger partial charge on any atom is -0.492 e. The van der Waals surface area contributed by atoms with Crippen LogP contribution in [-0.4, -0.2) is 53.0 Å². The zero-order valence-electron chi connectivity index (χ0n) is 20.9. The van der Waals surface area contributed by atoms with Gasteiger partial charge in [-0.1, -0.05) is 42.5 Å². The van der Waals surface area contributed by atoms with Gasteiger partial charge in [-0.15, -0.1) is 24.2 Å². The van der Waals surface area contributed by atoms with Crippen LogP contribution in [0, 0.1) is 12.8 Å². The van der Waals surface area contributed by atoms with Crippen LogP contribution in [0.25, 0.3) is 20.5 Å². The van der Waals surface area contributed by atoms with Gasteiger partial charge in [-0.2, -0.15) is 0 Å². The minimum atomic E-state index is 0. The zero-order valence-corrected chi connectivity index (χ0v) is 21.7. The summed E-state index contributed by atoms with van der Waals surface area (Å²) in [5.74, 6) is 0.955. The number of thiophene rings is 1. The number of fused-ring (bicyclic) bond motifs is 1. The van der Waals surface area contributed by atoms with E-state index in [9.17, 15) is 0 Å². The first kappa shape index (κ1) is 33.6. The van der Waals surface area contributed by atoms with E-state index in [4.69, 9.17) is 10.5 Å². The topological polar surface area (TPSA) is 164 Å². The number of ether oxygens (including phenoxy) is 1. The fraction of sp³-hybridized carbons (Fsp3) is 0.241. The van der Waals surface area contributed by atoms with Crippen LogP contribution >= 0.6 is 11.3 Å². The molecule has 1 aliphatic rings. The first-order valence-corrected chi connectivity index (χ1v) is 12.2. The molecule has 1 saturated heterocycles. The summed E-state index contributed by atoms with van der Waals surface area (Å²) < 4.78 is 7.31. The molecule has 0 aliphatic carbocycles. The molecule has 10 N–H and O–H groups in total. The standard InChI is InChI=1S/C27H28N2OS.C2H2.4H2O/c28-22-11-9-21(10-12-22)27-25(24-5-1-2-6-26(24)31-27)19-20-7-13-23(14-8-20)30-18-17-29-15-3-4-16-29;1-2;;;;/h1-2,5-14H,3-4,15-19,28H2;1-2H;4*1H2. The Morgan fingerprint density at radius 1 is 0.811 bits per heavy atom. The predicted molar refractivity (Wildman–Crippen MR) is 156 cm³/mol. The highest BCUT2D eigenvalue weighted by molar-refractivity contribution is 7.22. The van der Waals surface area contributed by atoms with Crippen molar-refractivity contribution in [2.75, 3.05) is 32.0 Å². The van der Waals surface area contributed by atoms with E-state index in [0.29, 0.717) is 0 Å². The molecule has 2 heterocycles. The third-order valence-corrected chi connectivity index (χ3v) is 7.31. The fourth-order valence-corrected chi connectivity index (χ4v) is 5.58. The third kappa shape index (κ3) is 8.30. The van der Waals surface area contributed by atoms with Crippen LogP contribution in [0.2, 0.25) is 0 Å². The molecule has 8 heteroatoms. The van der Waals surface area contributed by atoms with Crippen molar-refractivity contribution in [3.05, 3.63) is 83.9 Å². The van der Waals surface area contributed by atoms with Crippen LogP contribution in [0.3, 0.4) is 0 Å². The van der Waals surface area contributed by atoms with Gasteiger partial charge in [0.1, 0.15) is 12.4 Å². The summed E-state index contributed by atoms with van der Waals surface area (Å²) in [4.78, 5) is 3.81. The highest BCUT2D eigenvalue weighted by atomic mass is 32.1. The number of nitrogens with zero attached hydrogens (tertiary/aromatic N) is 1. The van der Waals surface area contributed by atoms with E-state index >= 15 is 0 Å². The number of hydrogen-bond acceptors (Lipinski definition) is 4. The van der Waals surface area contributed by atoms with Gasteiger partial charge >= 0.3 is 0 Å². The van der Waals surface area contributed by atoms with Crippen LogP contribution in [0.4, 0.5) is 5.69 Å². The van der Waals surface area contributed by atoms with E-state index < -0.39 is 0 Å². The Balaban J connectivity index is 0.00000211. The molecule has 0 saturated carbocycles. The monoisotopic (exact) mass is 526 g/mol. The Bertz CT molecular complexity index is 1200. The van der Waals surface area contributed by atoms with Crippen molar-refractivity contribution in [1.82, 2.24) is 4.90 Å². The summed E-state index contributed by atoms with van der Waals surface area (Å²) in [6, 6.07) is 25.5. The van der Waals surface area contributed by atoms with Crippen molar-refractivity contribution in [1.29, 1.82) is 0 Å². The SMILES string of the molecule is C#C.Nc1ccc(-c2sc3ccccc3c2Cc2ccc(OCCN3CCCC3)cc2)cc1.O.O.O.O. The van der Waals surface area contributed by atoms with Gasteiger partial charge in [0.15, 0.2) is 0 Å². The van der Waals surface area contributed by atoms with Gasteiger partial charge in [0.05, 0.1) is 0 Å². The van der Waals surface area contributed by atoms with Crippen LogP contribution < -0.4 is 10.5 Å². The number of nitrogen functional groups attached to an aromatic ring is 1. The number of anilines is 1. The predicted octanol–water partition coefficient (Wildman–Crippen LogP) is 3.17. The average molecular weight is 527 g/mol. The van der Waals surface area contributed by atoms with Crippen LogP contribution in [-0.2, 0) is 6.42 Å². The van der Waals surface area contributed by atoms with Crippen LogP contribution in [0.5, 0.6) is 5.75 Å². The molecule has 5 rings (SSSR count). The van der Waals surface area contributed by atoms with Crippen molar-refractivity contribution in [3.8, 4) is 29.0 Å². The van der Waals surface area contributed by atoms with E-state index in [2.05, 4.69) is 78.4 Å². The molecule has 3 aromatic carbocycles. The molecule has 0 radical (unpaired) electrons. The Morgan fingerprint density at radius 3 is 2.08 bits per heavy atom. The lowest BCUT2D eigenvalue weighted by Gasteiger charge is -2.15. The summed E-state index contributed by atoms with van der Waals surface area (Å²) in [5.41, 5.74) is 10.6. The van der Waals surface area contributed by atoms with Crippen LogP contribution in [0.15, 0.2) is 72.8 Å². The summed E-state index contributed by atoms with van der Waals surface area (Å²) in [6.07, 6.45) is 11.5. The molecular weight excluding hydrogens is 488 g/mol. The quantitative estimate of drug-likeness (QED) is 0.289. The Hall–Kier alpha value is -3.42. The van der Waals surface area contributed by atoms with Crippen molar-refractivity contribution in [2.45, 2.75) is 19.3 Å². The molecule has 1 fully saturated rings. The maximum atomic E-state index is 5.98. The molecule has 4 aromatic rings. The Morgan fingerprint density at radius 2 is 1.43 bits per heavy atom. The normalized spacial score (nSPS) is 12.1. The highest BCUT2D eigenvalue weighted by Crippen LogP contribution is 2.40. The number of hydrogen-bond donors (Lipinski definition) is 1. The van der Waals surface area contributed by atoms with Gasteiger partial charge < -0.3 is 32.4 Å². The van der Waals surface area contributed by atoms with E-state index in [1.54, 1.807) is 0 Å². The molecule has 1 aliphatic heterocycles. The molecule has 0 atom stereocenters. The van der Waals surface area contributed by atoms with Gasteiger partial charge in [0.25, 0.3) is 0 Å². The van der Waals surface area contributed by atoms with E-state index in [0.717, 1.165) is 31.0 Å². The number of benzene rings is 3. The van der Waals surface area contributed by atoms with Crippen molar-refractivity contribution in [3.63, 3.8) is 0 Å². The first-order valence-electron chi connectivity index (χ1n) is 11.4. The van der Waals surface area contributed by atoms with Gasteiger partial charge in [-0.25, -0.2) is 0 Å². The van der Waals surface area contributed by atoms with Crippen molar-refractivity contribution in [2.24, 2.45) is 0 Å². The molecule has 37 heavy (non-hydrogen) atoms. The average Bonchev–Trinajstić information content (AvgIpc) is 3.50. The first-order chi connectivity index (χ1) is 16.3. The number of rotatable bonds is 7. The summed E-state index contributed by atoms with van der Waals surface area (Å²) in [5, 5.41) is 1.34. The van der Waals surface area contributed by atoms with Gasteiger partial charge in [0.2, 0.25) is 0 Å². The molecule has 0 unspecified atom stereocenters. The number of nitrogens with two attached hydrogens (primary N) is 1. The van der Waals surface area contributed by atoms with Gasteiger partial charge in [0, 0.05) is 21.8 Å². The number of terminal acetylenes is 1. The number of likely N-dealkylation sites (tertiary alicyclic amines) is 1. The molecule has 200 valence electrons. The Kier molecular flexibility index (Phi) is 14.8. The van der Waals surface area contributed by atoms with E-state index in [-0.39, 0.29) is 21.9 Å². The second-order valence-corrected chi connectivity index (χ2v) is 9.30. The summed E-state index contributed by atoms with van der Waals surface area (Å²) >= 11 is 1.86. The smallest absolute Gasteiger partial charge is 0.119 e. The second-order valence-electron chi connectivity index (χ2n) is 8.25. The minimum absolute atomic E-state index is 0. The molecule has 0 amide bonds. The van der Waals surface area contributed by atoms with E-state index in [1.165, 1.54) is 57.6 Å². The Labute approximate surface area is 222 Å². The molecule has 0 bridgehead atoms. The lowest BCUT2D eigenvalue weighted by Crippen LogP contribution is -2.25. The van der Waals surface area contributed by atoms with Crippen molar-refractivity contribution < 1.29 is 26.6 Å². The summed E-state index contributed by atoms with van der Waals surface area (Å²) in [7, 11) is 0. The summed E-state index contributed by atoms with van der Waals surface area (Å²) in [6.45, 7) is 4.21. The molecule has 7 nitrogen and oxygen atoms in total. The maximum Gasteiger partial charge on any atom is 0.119 e. The lowest BCUT2D eigenvalue weighted by molar-refractivity contribution is 0.238.